The topological polar surface area (TPSA) is 32.3 Å². The van der Waals surface area contributed by atoms with Crippen LogP contribution >= 0.6 is 0 Å². The van der Waals surface area contributed by atoms with E-state index >= 15 is 0 Å². The van der Waals surface area contributed by atoms with E-state index in [1.807, 2.05) is 0 Å². The number of carbonyl (C=O) groups excluding carboxylic acids is 1. The highest BCUT2D eigenvalue weighted by molar-refractivity contribution is 5.95. The van der Waals surface area contributed by atoms with Gasteiger partial charge in [0.25, 0.3) is 0 Å². The first-order valence-corrected chi connectivity index (χ1v) is 6.50. The number of allylic oxidation sites excluding steroid dienone is 1. The normalized spacial score (nSPS) is 19.5. The quantitative estimate of drug-likeness (QED) is 0.846. The van der Waals surface area contributed by atoms with Crippen LogP contribution in [0.25, 0.3) is 5.57 Å². The summed E-state index contributed by atoms with van der Waals surface area (Å²) < 4.78 is 13.6. The summed E-state index contributed by atoms with van der Waals surface area (Å²) in [5.41, 5.74) is 1.13. The van der Waals surface area contributed by atoms with Gasteiger partial charge in [-0.05, 0) is 31.5 Å². The number of nitrogens with zero attached hydrogens (tertiary/aromatic N) is 1. The molecule has 19 heavy (non-hydrogen) atoms. The Morgan fingerprint density at radius 2 is 2.21 bits per heavy atom. The van der Waals surface area contributed by atoms with Crippen molar-refractivity contribution in [1.82, 2.24) is 10.2 Å². The number of hydrogen-bond acceptors (Lipinski definition) is 2. The average molecular weight is 262 g/mol. The van der Waals surface area contributed by atoms with Gasteiger partial charge in [0.2, 0.25) is 5.91 Å². The molecule has 4 heteroatoms. The highest BCUT2D eigenvalue weighted by Crippen LogP contribution is 2.18. The van der Waals surface area contributed by atoms with Crippen LogP contribution < -0.4 is 5.32 Å². The summed E-state index contributed by atoms with van der Waals surface area (Å²) in [7, 11) is 1.80. The minimum absolute atomic E-state index is 0.0746. The largest absolute Gasteiger partial charge is 0.338 e. The van der Waals surface area contributed by atoms with Gasteiger partial charge in [0.15, 0.2) is 0 Å². The lowest BCUT2D eigenvalue weighted by molar-refractivity contribution is -0.126. The molecule has 0 aromatic heterocycles. The van der Waals surface area contributed by atoms with Gasteiger partial charge < -0.3 is 10.2 Å². The fourth-order valence-corrected chi connectivity index (χ4v) is 2.30. The molecule has 0 spiro atoms. The summed E-state index contributed by atoms with van der Waals surface area (Å²) in [5.74, 6) is -0.372. The van der Waals surface area contributed by atoms with E-state index in [1.54, 1.807) is 37.1 Å². The molecule has 1 N–H and O–H groups in total. The zero-order valence-corrected chi connectivity index (χ0v) is 11.3. The smallest absolute Gasteiger partial charge is 0.246 e. The molecule has 1 heterocycles. The molecule has 1 atom stereocenters. The number of likely N-dealkylation sites (N-methyl/N-ethyl adjacent to an activating group) is 1. The Morgan fingerprint density at radius 3 is 2.84 bits per heavy atom. The van der Waals surface area contributed by atoms with Gasteiger partial charge in [0, 0.05) is 31.3 Å². The molecule has 102 valence electrons. The van der Waals surface area contributed by atoms with Gasteiger partial charge in [-0.1, -0.05) is 18.2 Å². The molecule has 0 saturated carbocycles. The van der Waals surface area contributed by atoms with Crippen molar-refractivity contribution in [2.24, 2.45) is 0 Å². The van der Waals surface area contributed by atoms with Crippen molar-refractivity contribution in [3.05, 3.63) is 41.7 Å². The maximum absolute atomic E-state index is 13.6. The molecule has 0 aliphatic carbocycles. The van der Waals surface area contributed by atoms with Crippen LogP contribution in [0.4, 0.5) is 4.39 Å². The van der Waals surface area contributed by atoms with Gasteiger partial charge in [-0.15, -0.1) is 0 Å². The van der Waals surface area contributed by atoms with Gasteiger partial charge >= 0.3 is 0 Å². The molecular formula is C15H19FN2O. The number of hydrogen-bond donors (Lipinski definition) is 1. The van der Waals surface area contributed by atoms with Crippen LogP contribution in [0.5, 0.6) is 0 Å². The van der Waals surface area contributed by atoms with Gasteiger partial charge in [-0.2, -0.15) is 0 Å². The summed E-state index contributed by atoms with van der Waals surface area (Å²) in [5, 5.41) is 3.23. The van der Waals surface area contributed by atoms with E-state index in [2.05, 4.69) is 5.32 Å². The molecule has 1 aliphatic rings. The first-order valence-electron chi connectivity index (χ1n) is 6.50. The lowest BCUT2D eigenvalue weighted by Gasteiger charge is -2.22. The van der Waals surface area contributed by atoms with E-state index < -0.39 is 0 Å². The maximum atomic E-state index is 13.6. The zero-order chi connectivity index (χ0) is 13.8. The SMILES string of the molecule is CC(=CC(=O)N(C)C1CCNC1)c1ccccc1F. The van der Waals surface area contributed by atoms with Crippen molar-refractivity contribution < 1.29 is 9.18 Å². The number of nitrogens with one attached hydrogen (secondary N) is 1. The van der Waals surface area contributed by atoms with Gasteiger partial charge in [-0.25, -0.2) is 4.39 Å². The highest BCUT2D eigenvalue weighted by Gasteiger charge is 2.22. The summed E-state index contributed by atoms with van der Waals surface area (Å²) in [6.45, 7) is 3.53. The van der Waals surface area contributed by atoms with Crippen LogP contribution in [0.15, 0.2) is 30.3 Å². The van der Waals surface area contributed by atoms with Crippen molar-refractivity contribution in [2.75, 3.05) is 20.1 Å². The van der Waals surface area contributed by atoms with Crippen LogP contribution in [0.2, 0.25) is 0 Å². The van der Waals surface area contributed by atoms with Crippen LogP contribution in [-0.4, -0.2) is 37.0 Å². The summed E-state index contributed by atoms with van der Waals surface area (Å²) >= 11 is 0. The third kappa shape index (κ3) is 3.20. The van der Waals surface area contributed by atoms with Gasteiger partial charge in [-0.3, -0.25) is 4.79 Å². The minimum Gasteiger partial charge on any atom is -0.338 e. The predicted molar refractivity (Wildman–Crippen MR) is 74.1 cm³/mol. The first kappa shape index (κ1) is 13.7. The van der Waals surface area contributed by atoms with E-state index in [4.69, 9.17) is 0 Å². The molecule has 1 aromatic carbocycles. The highest BCUT2D eigenvalue weighted by atomic mass is 19.1. The van der Waals surface area contributed by atoms with Crippen molar-refractivity contribution >= 4 is 11.5 Å². The second kappa shape index (κ2) is 5.97. The summed E-state index contributed by atoms with van der Waals surface area (Å²) in [6, 6.07) is 6.74. The van der Waals surface area contributed by atoms with Crippen LogP contribution in [0.1, 0.15) is 18.9 Å². The second-order valence-corrected chi connectivity index (χ2v) is 4.90. The van der Waals surface area contributed by atoms with Crippen LogP contribution in [0, 0.1) is 5.82 Å². The second-order valence-electron chi connectivity index (χ2n) is 4.90. The molecule has 1 saturated heterocycles. The van der Waals surface area contributed by atoms with Crippen LogP contribution in [-0.2, 0) is 4.79 Å². The standard InChI is InChI=1S/C15H19FN2O/c1-11(13-5-3-4-6-14(13)16)9-15(19)18(2)12-7-8-17-10-12/h3-6,9,12,17H,7-8,10H2,1-2H3. The molecule has 3 nitrogen and oxygen atoms in total. The monoisotopic (exact) mass is 262 g/mol. The summed E-state index contributed by atoms with van der Waals surface area (Å²) in [6.07, 6.45) is 2.48. The molecular weight excluding hydrogens is 243 g/mol. The molecule has 1 aromatic rings. The van der Waals surface area contributed by atoms with E-state index in [0.29, 0.717) is 11.1 Å². The number of rotatable bonds is 3. The lowest BCUT2D eigenvalue weighted by Crippen LogP contribution is -2.37. The Hall–Kier alpha value is -1.68. The van der Waals surface area contributed by atoms with E-state index in [-0.39, 0.29) is 17.8 Å². The first-order chi connectivity index (χ1) is 9.09. The molecule has 0 bridgehead atoms. The Bertz CT molecular complexity index is 493. The molecule has 1 unspecified atom stereocenters. The Morgan fingerprint density at radius 1 is 1.47 bits per heavy atom. The molecule has 0 radical (unpaired) electrons. The number of carbonyl (C=O) groups is 1. The maximum Gasteiger partial charge on any atom is 0.246 e. The Kier molecular flexibility index (Phi) is 4.32. The molecule has 1 fully saturated rings. The van der Waals surface area contributed by atoms with E-state index in [1.165, 1.54) is 12.1 Å². The van der Waals surface area contributed by atoms with Crippen molar-refractivity contribution in [1.29, 1.82) is 0 Å². The Labute approximate surface area is 113 Å². The Balaban J connectivity index is 2.11. The minimum atomic E-state index is -0.297. The van der Waals surface area contributed by atoms with Crippen molar-refractivity contribution in [3.8, 4) is 0 Å². The fraction of sp³-hybridized carbons (Fsp3) is 0.400. The predicted octanol–water partition coefficient (Wildman–Crippen LogP) is 2.05. The van der Waals surface area contributed by atoms with Crippen LogP contribution in [0.3, 0.4) is 0 Å². The molecule has 1 aliphatic heterocycles. The number of amides is 1. The number of benzene rings is 1. The van der Waals surface area contributed by atoms with Gasteiger partial charge in [0.05, 0.1) is 0 Å². The molecule has 2 rings (SSSR count). The third-order valence-corrected chi connectivity index (χ3v) is 3.57. The summed E-state index contributed by atoms with van der Waals surface area (Å²) in [4.78, 5) is 13.9. The van der Waals surface area contributed by atoms with E-state index in [0.717, 1.165) is 19.5 Å². The van der Waals surface area contributed by atoms with Crippen molar-refractivity contribution in [3.63, 3.8) is 0 Å². The number of halogens is 1. The van der Waals surface area contributed by atoms with Gasteiger partial charge in [0.1, 0.15) is 5.82 Å². The third-order valence-electron chi connectivity index (χ3n) is 3.57. The van der Waals surface area contributed by atoms with E-state index in [9.17, 15) is 9.18 Å². The zero-order valence-electron chi connectivity index (χ0n) is 11.3. The van der Waals surface area contributed by atoms with Crippen molar-refractivity contribution in [2.45, 2.75) is 19.4 Å². The fourth-order valence-electron chi connectivity index (χ4n) is 2.30. The molecule has 1 amide bonds. The average Bonchev–Trinajstić information content (AvgIpc) is 2.92. The lowest BCUT2D eigenvalue weighted by atomic mass is 10.1.